The molecule has 1 aromatic carbocycles. The van der Waals surface area contributed by atoms with Gasteiger partial charge in [0.15, 0.2) is 0 Å². The highest BCUT2D eigenvalue weighted by molar-refractivity contribution is 5.14. The van der Waals surface area contributed by atoms with E-state index in [2.05, 4.69) is 36.3 Å². The first-order chi connectivity index (χ1) is 8.86. The van der Waals surface area contributed by atoms with Gasteiger partial charge < -0.3 is 5.73 Å². The van der Waals surface area contributed by atoms with Gasteiger partial charge in [-0.2, -0.15) is 0 Å². The third-order valence-electron chi connectivity index (χ3n) is 3.44. The fraction of sp³-hybridized carbons (Fsp3) is 0.529. The molecule has 0 spiro atoms. The van der Waals surface area contributed by atoms with Crippen molar-refractivity contribution in [3.05, 3.63) is 35.9 Å². The van der Waals surface area contributed by atoms with Crippen molar-refractivity contribution in [2.45, 2.75) is 44.9 Å². The normalized spacial score (nSPS) is 12.0. The lowest BCUT2D eigenvalue weighted by molar-refractivity contribution is 0.429. The Labute approximate surface area is 112 Å². The van der Waals surface area contributed by atoms with Crippen molar-refractivity contribution < 1.29 is 0 Å². The molecule has 0 amide bonds. The molecule has 0 heterocycles. The van der Waals surface area contributed by atoms with Crippen LogP contribution in [0.4, 0.5) is 0 Å². The largest absolute Gasteiger partial charge is 0.330 e. The lowest BCUT2D eigenvalue weighted by Gasteiger charge is -2.13. The Balaban J connectivity index is 2.10. The SMILES string of the molecule is C#CCCCC(CN)CCCCc1ccccc1. The summed E-state index contributed by atoms with van der Waals surface area (Å²) in [7, 11) is 0. The van der Waals surface area contributed by atoms with E-state index in [1.807, 2.05) is 0 Å². The average Bonchev–Trinajstić information content (AvgIpc) is 2.43. The van der Waals surface area contributed by atoms with Crippen LogP contribution in [0.1, 0.15) is 44.1 Å². The molecule has 18 heavy (non-hydrogen) atoms. The van der Waals surface area contributed by atoms with Crippen LogP contribution in [-0.4, -0.2) is 6.54 Å². The van der Waals surface area contributed by atoms with Crippen LogP contribution in [0.25, 0.3) is 0 Å². The number of terminal acetylenes is 1. The van der Waals surface area contributed by atoms with Crippen molar-refractivity contribution in [3.8, 4) is 12.3 Å². The fourth-order valence-electron chi connectivity index (χ4n) is 2.28. The van der Waals surface area contributed by atoms with Gasteiger partial charge in [0.2, 0.25) is 0 Å². The van der Waals surface area contributed by atoms with Gasteiger partial charge in [-0.25, -0.2) is 0 Å². The number of rotatable bonds is 9. The van der Waals surface area contributed by atoms with Gasteiger partial charge in [0.25, 0.3) is 0 Å². The summed E-state index contributed by atoms with van der Waals surface area (Å²) in [6, 6.07) is 10.7. The Kier molecular flexibility index (Phi) is 8.01. The second kappa shape index (κ2) is 9.74. The molecule has 98 valence electrons. The molecule has 0 fully saturated rings. The second-order valence-corrected chi connectivity index (χ2v) is 4.93. The van der Waals surface area contributed by atoms with Gasteiger partial charge in [-0.1, -0.05) is 36.8 Å². The summed E-state index contributed by atoms with van der Waals surface area (Å²) >= 11 is 0. The molecular formula is C17H25N. The second-order valence-electron chi connectivity index (χ2n) is 4.93. The van der Waals surface area contributed by atoms with Gasteiger partial charge in [0, 0.05) is 6.42 Å². The molecular weight excluding hydrogens is 218 g/mol. The van der Waals surface area contributed by atoms with Crippen LogP contribution in [0.3, 0.4) is 0 Å². The Hall–Kier alpha value is -1.26. The van der Waals surface area contributed by atoms with Gasteiger partial charge in [0.05, 0.1) is 0 Å². The van der Waals surface area contributed by atoms with E-state index in [9.17, 15) is 0 Å². The van der Waals surface area contributed by atoms with E-state index >= 15 is 0 Å². The van der Waals surface area contributed by atoms with Crippen LogP contribution in [0, 0.1) is 18.3 Å². The summed E-state index contributed by atoms with van der Waals surface area (Å²) in [5, 5.41) is 0. The zero-order valence-electron chi connectivity index (χ0n) is 11.3. The van der Waals surface area contributed by atoms with Crippen LogP contribution >= 0.6 is 0 Å². The van der Waals surface area contributed by atoms with E-state index in [-0.39, 0.29) is 0 Å². The van der Waals surface area contributed by atoms with Gasteiger partial charge in [-0.15, -0.1) is 12.3 Å². The number of unbranched alkanes of at least 4 members (excludes halogenated alkanes) is 2. The number of hydrogen-bond donors (Lipinski definition) is 1. The van der Waals surface area contributed by atoms with E-state index in [1.165, 1.54) is 37.7 Å². The molecule has 1 atom stereocenters. The predicted molar refractivity (Wildman–Crippen MR) is 79.2 cm³/mol. The third-order valence-corrected chi connectivity index (χ3v) is 3.44. The number of nitrogens with two attached hydrogens (primary N) is 1. The van der Waals surface area contributed by atoms with Gasteiger partial charge >= 0.3 is 0 Å². The topological polar surface area (TPSA) is 26.0 Å². The highest BCUT2D eigenvalue weighted by Gasteiger charge is 2.05. The van der Waals surface area contributed by atoms with Crippen molar-refractivity contribution in [1.82, 2.24) is 0 Å². The van der Waals surface area contributed by atoms with Crippen LogP contribution < -0.4 is 5.73 Å². The molecule has 0 bridgehead atoms. The summed E-state index contributed by atoms with van der Waals surface area (Å²) in [5.74, 6) is 3.36. The van der Waals surface area contributed by atoms with Gasteiger partial charge in [-0.3, -0.25) is 0 Å². The first-order valence-corrected chi connectivity index (χ1v) is 7.04. The summed E-state index contributed by atoms with van der Waals surface area (Å²) in [4.78, 5) is 0. The predicted octanol–water partition coefficient (Wildman–Crippen LogP) is 3.78. The highest BCUT2D eigenvalue weighted by atomic mass is 14.5. The van der Waals surface area contributed by atoms with E-state index in [0.29, 0.717) is 5.92 Å². The molecule has 0 saturated heterocycles. The van der Waals surface area contributed by atoms with Crippen molar-refractivity contribution in [2.24, 2.45) is 11.7 Å². The average molecular weight is 243 g/mol. The third kappa shape index (κ3) is 6.47. The minimum absolute atomic E-state index is 0.661. The Morgan fingerprint density at radius 1 is 1.06 bits per heavy atom. The van der Waals surface area contributed by atoms with Crippen molar-refractivity contribution in [3.63, 3.8) is 0 Å². The molecule has 1 nitrogen and oxygen atoms in total. The molecule has 0 radical (unpaired) electrons. The van der Waals surface area contributed by atoms with E-state index in [4.69, 9.17) is 12.2 Å². The van der Waals surface area contributed by atoms with Crippen LogP contribution in [0.2, 0.25) is 0 Å². The maximum absolute atomic E-state index is 5.80. The molecule has 1 unspecified atom stereocenters. The summed E-state index contributed by atoms with van der Waals surface area (Å²) in [5.41, 5.74) is 7.24. The molecule has 1 heteroatoms. The highest BCUT2D eigenvalue weighted by Crippen LogP contribution is 2.16. The van der Waals surface area contributed by atoms with Crippen molar-refractivity contribution >= 4 is 0 Å². The first kappa shape index (κ1) is 14.8. The molecule has 1 aromatic rings. The zero-order chi connectivity index (χ0) is 13.1. The quantitative estimate of drug-likeness (QED) is 0.518. The zero-order valence-corrected chi connectivity index (χ0v) is 11.3. The first-order valence-electron chi connectivity index (χ1n) is 7.04. The Morgan fingerprint density at radius 3 is 2.44 bits per heavy atom. The number of hydrogen-bond acceptors (Lipinski definition) is 1. The lowest BCUT2D eigenvalue weighted by Crippen LogP contribution is -2.14. The summed E-state index contributed by atoms with van der Waals surface area (Å²) < 4.78 is 0. The minimum atomic E-state index is 0.661. The number of benzene rings is 1. The lowest BCUT2D eigenvalue weighted by atomic mass is 9.95. The smallest absolute Gasteiger partial charge is 0.00861 e. The fourth-order valence-corrected chi connectivity index (χ4v) is 2.28. The van der Waals surface area contributed by atoms with Gasteiger partial charge in [0.1, 0.15) is 0 Å². The Bertz CT molecular complexity index is 336. The van der Waals surface area contributed by atoms with Crippen molar-refractivity contribution in [2.75, 3.05) is 6.54 Å². The van der Waals surface area contributed by atoms with E-state index in [1.54, 1.807) is 0 Å². The van der Waals surface area contributed by atoms with Crippen LogP contribution in [0.5, 0.6) is 0 Å². The monoisotopic (exact) mass is 243 g/mol. The Morgan fingerprint density at radius 2 is 1.78 bits per heavy atom. The number of aryl methyl sites for hydroxylation is 1. The molecule has 0 aliphatic rings. The molecule has 2 N–H and O–H groups in total. The minimum Gasteiger partial charge on any atom is -0.330 e. The summed E-state index contributed by atoms with van der Waals surface area (Å²) in [6.45, 7) is 0.801. The van der Waals surface area contributed by atoms with E-state index < -0.39 is 0 Å². The van der Waals surface area contributed by atoms with E-state index in [0.717, 1.165) is 19.4 Å². The molecule has 0 aliphatic heterocycles. The molecule has 1 rings (SSSR count). The summed E-state index contributed by atoms with van der Waals surface area (Å²) in [6.07, 6.45) is 13.4. The maximum atomic E-state index is 5.80. The van der Waals surface area contributed by atoms with Crippen LogP contribution in [-0.2, 0) is 6.42 Å². The van der Waals surface area contributed by atoms with Crippen molar-refractivity contribution in [1.29, 1.82) is 0 Å². The van der Waals surface area contributed by atoms with Gasteiger partial charge in [-0.05, 0) is 50.1 Å². The molecule has 0 aliphatic carbocycles. The molecule has 0 aromatic heterocycles. The maximum Gasteiger partial charge on any atom is 0.00861 e. The van der Waals surface area contributed by atoms with Crippen LogP contribution in [0.15, 0.2) is 30.3 Å². The standard InChI is InChI=1S/C17H25N/c1-2-3-5-13-17(15-18)14-9-8-12-16-10-6-4-7-11-16/h1,4,6-7,10-11,17H,3,5,8-9,12-15,18H2. The molecule has 0 saturated carbocycles.